The van der Waals surface area contributed by atoms with Crippen LogP contribution >= 0.6 is 0 Å². The minimum Gasteiger partial charge on any atom is -0.465 e. The number of aromatic amines is 1. The van der Waals surface area contributed by atoms with Gasteiger partial charge in [0.25, 0.3) is 5.56 Å². The van der Waals surface area contributed by atoms with Crippen LogP contribution in [0.15, 0.2) is 21.7 Å². The number of hydrogen-bond acceptors (Lipinski definition) is 7. The van der Waals surface area contributed by atoms with Crippen molar-refractivity contribution in [3.8, 4) is 11.3 Å². The van der Waals surface area contributed by atoms with Crippen LogP contribution in [0.5, 0.6) is 0 Å². The van der Waals surface area contributed by atoms with Gasteiger partial charge in [0.05, 0.1) is 12.7 Å². The number of esters is 1. The van der Waals surface area contributed by atoms with Crippen LogP contribution in [-0.2, 0) is 17.7 Å². The lowest BCUT2D eigenvalue weighted by Gasteiger charge is -2.11. The Balaban J connectivity index is 1.50. The van der Waals surface area contributed by atoms with Gasteiger partial charge in [-0.3, -0.25) is 4.79 Å². The summed E-state index contributed by atoms with van der Waals surface area (Å²) in [7, 11) is 1.29. The van der Waals surface area contributed by atoms with E-state index in [9.17, 15) is 9.59 Å². The van der Waals surface area contributed by atoms with E-state index in [1.807, 2.05) is 0 Å². The molecule has 0 bridgehead atoms. The Labute approximate surface area is 142 Å². The summed E-state index contributed by atoms with van der Waals surface area (Å²) >= 11 is 0. The first-order valence-electron chi connectivity index (χ1n) is 8.14. The van der Waals surface area contributed by atoms with Crippen LogP contribution in [0.25, 0.3) is 11.3 Å². The zero-order valence-corrected chi connectivity index (χ0v) is 13.7. The van der Waals surface area contributed by atoms with Gasteiger partial charge in [-0.15, -0.1) is 0 Å². The fraction of sp³-hybridized carbons (Fsp3) is 0.438. The molecule has 1 N–H and O–H groups in total. The predicted molar refractivity (Wildman–Crippen MR) is 85.4 cm³/mol. The van der Waals surface area contributed by atoms with Crippen LogP contribution in [0.1, 0.15) is 47.3 Å². The summed E-state index contributed by atoms with van der Waals surface area (Å²) in [6.07, 6.45) is 6.94. The van der Waals surface area contributed by atoms with Crippen LogP contribution in [0.3, 0.4) is 0 Å². The largest absolute Gasteiger partial charge is 0.465 e. The second-order valence-corrected chi connectivity index (χ2v) is 6.14. The summed E-state index contributed by atoms with van der Waals surface area (Å²) in [6, 6.07) is 0. The van der Waals surface area contributed by atoms with Gasteiger partial charge in [-0.05, 0) is 19.3 Å². The molecule has 1 aliphatic carbocycles. The fourth-order valence-electron chi connectivity index (χ4n) is 2.77. The number of aryl methyl sites for hydroxylation is 2. The molecule has 130 valence electrons. The lowest BCUT2D eigenvalue weighted by atomic mass is 10.1. The van der Waals surface area contributed by atoms with Crippen molar-refractivity contribution in [1.82, 2.24) is 24.9 Å². The Bertz CT molecular complexity index is 936. The summed E-state index contributed by atoms with van der Waals surface area (Å²) in [5, 5.41) is 10.3. The van der Waals surface area contributed by atoms with Crippen molar-refractivity contribution in [2.45, 2.75) is 38.1 Å². The van der Waals surface area contributed by atoms with Gasteiger partial charge in [-0.1, -0.05) is 5.16 Å². The van der Waals surface area contributed by atoms with Crippen LogP contribution in [0.2, 0.25) is 0 Å². The standard InChI is InChI=1S/C16H17N5O4/c1-24-16(23)11-8-21(7-10-13(11)18-19-15(10)22)6-2-3-12-17-14(20-25-12)9-4-5-9/h7-9H,2-6H2,1H3,(H,19,22). The monoisotopic (exact) mass is 343 g/mol. The van der Waals surface area contributed by atoms with E-state index < -0.39 is 5.97 Å². The minimum atomic E-state index is -0.531. The van der Waals surface area contributed by atoms with Gasteiger partial charge in [0.2, 0.25) is 5.89 Å². The number of carbonyl (C=O) groups excluding carboxylic acids is 1. The van der Waals surface area contributed by atoms with Gasteiger partial charge < -0.3 is 13.8 Å². The SMILES string of the molecule is COC(=O)c1cn(CCCc2nc(C3CC3)no2)cc2c(=O)[nH]nc1-2. The van der Waals surface area contributed by atoms with Gasteiger partial charge >= 0.3 is 5.97 Å². The summed E-state index contributed by atoms with van der Waals surface area (Å²) in [5.74, 6) is 1.35. The first-order valence-corrected chi connectivity index (χ1v) is 8.14. The summed E-state index contributed by atoms with van der Waals surface area (Å²) in [5.41, 5.74) is 0.600. The van der Waals surface area contributed by atoms with Crippen molar-refractivity contribution >= 4 is 5.97 Å². The zero-order valence-electron chi connectivity index (χ0n) is 13.7. The van der Waals surface area contributed by atoms with Crippen LogP contribution in [0, 0.1) is 0 Å². The number of nitrogens with zero attached hydrogens (tertiary/aromatic N) is 4. The topological polar surface area (TPSA) is 116 Å². The Hall–Kier alpha value is -2.97. The van der Waals surface area contributed by atoms with E-state index in [4.69, 9.17) is 9.26 Å². The van der Waals surface area contributed by atoms with E-state index in [2.05, 4.69) is 20.3 Å². The molecule has 1 aromatic heterocycles. The first-order chi connectivity index (χ1) is 12.2. The van der Waals surface area contributed by atoms with Gasteiger partial charge in [0, 0.05) is 31.3 Å². The minimum absolute atomic E-state index is 0.257. The number of hydrogen-bond donors (Lipinski definition) is 1. The first kappa shape index (κ1) is 15.6. The molecular formula is C16H17N5O4. The van der Waals surface area contributed by atoms with Gasteiger partial charge in [0.15, 0.2) is 5.82 Å². The number of H-pyrrole nitrogens is 1. The van der Waals surface area contributed by atoms with Gasteiger partial charge in [0.1, 0.15) is 11.3 Å². The lowest BCUT2D eigenvalue weighted by molar-refractivity contribution is 0.0600. The molecule has 2 aliphatic heterocycles. The van der Waals surface area contributed by atoms with Crippen LogP contribution in [-0.4, -0.2) is 38.0 Å². The fourth-order valence-corrected chi connectivity index (χ4v) is 2.77. The Morgan fingerprint density at radius 3 is 3.04 bits per heavy atom. The van der Waals surface area contributed by atoms with E-state index in [0.29, 0.717) is 36.0 Å². The molecule has 3 aliphatic rings. The summed E-state index contributed by atoms with van der Waals surface area (Å²) in [4.78, 5) is 28.2. The molecular weight excluding hydrogens is 326 g/mol. The van der Waals surface area contributed by atoms with Crippen molar-refractivity contribution in [3.63, 3.8) is 0 Å². The van der Waals surface area contributed by atoms with Gasteiger partial charge in [-0.2, -0.15) is 10.1 Å². The summed E-state index contributed by atoms with van der Waals surface area (Å²) < 4.78 is 11.8. The predicted octanol–water partition coefficient (Wildman–Crippen LogP) is 1.36. The maximum absolute atomic E-state index is 11.9. The molecule has 1 saturated carbocycles. The average Bonchev–Trinajstić information content (AvgIpc) is 3.26. The molecule has 0 aromatic carbocycles. The van der Waals surface area contributed by atoms with E-state index >= 15 is 0 Å². The third-order valence-corrected chi connectivity index (χ3v) is 4.25. The van der Waals surface area contributed by atoms with Crippen molar-refractivity contribution in [2.24, 2.45) is 0 Å². The molecule has 9 heteroatoms. The van der Waals surface area contributed by atoms with Crippen LogP contribution < -0.4 is 5.56 Å². The zero-order chi connectivity index (χ0) is 17.4. The van der Waals surface area contributed by atoms with E-state index in [-0.39, 0.29) is 11.1 Å². The molecule has 9 nitrogen and oxygen atoms in total. The Kier molecular flexibility index (Phi) is 3.83. The third-order valence-electron chi connectivity index (χ3n) is 4.25. The molecule has 1 aromatic rings. The number of carbonyl (C=O) groups is 1. The molecule has 1 fully saturated rings. The molecule has 4 rings (SSSR count). The van der Waals surface area contributed by atoms with Crippen molar-refractivity contribution in [2.75, 3.05) is 7.11 Å². The molecule has 0 spiro atoms. The number of aromatic nitrogens is 5. The molecule has 0 amide bonds. The van der Waals surface area contributed by atoms with Crippen molar-refractivity contribution < 1.29 is 14.1 Å². The van der Waals surface area contributed by atoms with Gasteiger partial charge in [-0.25, -0.2) is 9.89 Å². The smallest absolute Gasteiger partial charge is 0.341 e. The Morgan fingerprint density at radius 2 is 2.28 bits per heavy atom. The number of methoxy groups -OCH3 is 1. The van der Waals surface area contributed by atoms with E-state index in [1.54, 1.807) is 17.0 Å². The van der Waals surface area contributed by atoms with Crippen LogP contribution in [0.4, 0.5) is 0 Å². The highest BCUT2D eigenvalue weighted by atomic mass is 16.5. The number of nitrogens with one attached hydrogen (secondary N) is 1. The maximum Gasteiger partial charge on any atom is 0.341 e. The third kappa shape index (κ3) is 3.04. The quantitative estimate of drug-likeness (QED) is 0.672. The number of fused-ring (bicyclic) bond motifs is 1. The molecule has 0 saturated heterocycles. The molecule has 25 heavy (non-hydrogen) atoms. The second-order valence-electron chi connectivity index (χ2n) is 6.14. The lowest BCUT2D eigenvalue weighted by Crippen LogP contribution is -2.12. The van der Waals surface area contributed by atoms with Crippen molar-refractivity contribution in [3.05, 3.63) is 40.0 Å². The second kappa shape index (κ2) is 6.15. The van der Waals surface area contributed by atoms with E-state index in [0.717, 1.165) is 25.1 Å². The van der Waals surface area contributed by atoms with E-state index in [1.165, 1.54) is 7.11 Å². The van der Waals surface area contributed by atoms with Crippen molar-refractivity contribution in [1.29, 1.82) is 0 Å². The molecule has 0 unspecified atom stereocenters. The Morgan fingerprint density at radius 1 is 1.44 bits per heavy atom. The highest BCUT2D eigenvalue weighted by molar-refractivity contribution is 5.95. The number of rotatable bonds is 6. The highest BCUT2D eigenvalue weighted by Crippen LogP contribution is 2.38. The molecule has 3 heterocycles. The highest BCUT2D eigenvalue weighted by Gasteiger charge is 2.28. The number of pyridine rings is 1. The molecule has 0 radical (unpaired) electrons. The normalized spacial score (nSPS) is 14.1. The summed E-state index contributed by atoms with van der Waals surface area (Å²) in [6.45, 7) is 0.589. The average molecular weight is 343 g/mol. The number of ether oxygens (including phenoxy) is 1. The maximum atomic E-state index is 11.9. The molecule has 0 atom stereocenters.